The minimum Gasteiger partial charge on any atom is -0.392 e. The van der Waals surface area contributed by atoms with Crippen molar-refractivity contribution in [3.05, 3.63) is 28.2 Å². The Morgan fingerprint density at radius 2 is 2.24 bits per heavy atom. The third-order valence-corrected chi connectivity index (χ3v) is 6.51. The van der Waals surface area contributed by atoms with Crippen LogP contribution in [-0.2, 0) is 21.4 Å². The quantitative estimate of drug-likeness (QED) is 0.824. The molecule has 1 aliphatic rings. The van der Waals surface area contributed by atoms with Gasteiger partial charge in [-0.2, -0.15) is 4.31 Å². The largest absolute Gasteiger partial charge is 0.392 e. The molecule has 0 amide bonds. The minimum absolute atomic E-state index is 0.0282. The first kappa shape index (κ1) is 16.9. The van der Waals surface area contributed by atoms with Crippen molar-refractivity contribution in [3.8, 4) is 0 Å². The molecule has 118 valence electrons. The predicted octanol–water partition coefficient (Wildman–Crippen LogP) is 2.13. The van der Waals surface area contributed by atoms with Gasteiger partial charge >= 0.3 is 0 Å². The third-order valence-electron chi connectivity index (χ3n) is 3.58. The maximum Gasteiger partial charge on any atom is 0.244 e. The first-order valence-corrected chi connectivity index (χ1v) is 9.23. The standard InChI is InChI=1S/C14H20BrNO4S/c1-2-16(9-12-4-3-7-20-12)21(18,19)14-8-11(10-17)5-6-13(14)15/h5-6,8,12,17H,2-4,7,9-10H2,1H3. The van der Waals surface area contributed by atoms with Crippen LogP contribution in [-0.4, -0.2) is 43.6 Å². The first-order valence-electron chi connectivity index (χ1n) is 7.00. The van der Waals surface area contributed by atoms with Gasteiger partial charge in [0.15, 0.2) is 0 Å². The summed E-state index contributed by atoms with van der Waals surface area (Å²) in [5, 5.41) is 9.20. The summed E-state index contributed by atoms with van der Waals surface area (Å²) < 4.78 is 33.1. The molecule has 1 saturated heterocycles. The second kappa shape index (κ2) is 7.19. The summed E-state index contributed by atoms with van der Waals surface area (Å²) in [5.41, 5.74) is 0.574. The number of hydrogen-bond acceptors (Lipinski definition) is 4. The molecule has 0 bridgehead atoms. The molecule has 0 radical (unpaired) electrons. The van der Waals surface area contributed by atoms with Crippen molar-refractivity contribution >= 4 is 26.0 Å². The van der Waals surface area contributed by atoms with Crippen LogP contribution in [0.25, 0.3) is 0 Å². The number of likely N-dealkylation sites (N-methyl/N-ethyl adjacent to an activating group) is 1. The highest BCUT2D eigenvalue weighted by atomic mass is 79.9. The van der Waals surface area contributed by atoms with Crippen molar-refractivity contribution in [3.63, 3.8) is 0 Å². The lowest BCUT2D eigenvalue weighted by Gasteiger charge is -2.24. The summed E-state index contributed by atoms with van der Waals surface area (Å²) in [7, 11) is -3.61. The van der Waals surface area contributed by atoms with Gasteiger partial charge in [-0.1, -0.05) is 13.0 Å². The summed E-state index contributed by atoms with van der Waals surface area (Å²) in [5.74, 6) is 0. The topological polar surface area (TPSA) is 66.8 Å². The minimum atomic E-state index is -3.61. The monoisotopic (exact) mass is 377 g/mol. The zero-order valence-corrected chi connectivity index (χ0v) is 14.4. The fourth-order valence-electron chi connectivity index (χ4n) is 2.40. The van der Waals surface area contributed by atoms with Crippen LogP contribution in [0.3, 0.4) is 0 Å². The Hall–Kier alpha value is -0.470. The zero-order chi connectivity index (χ0) is 15.5. The molecule has 2 rings (SSSR count). The number of benzene rings is 1. The predicted molar refractivity (Wildman–Crippen MR) is 83.5 cm³/mol. The molecule has 1 atom stereocenters. The van der Waals surface area contributed by atoms with E-state index in [9.17, 15) is 13.5 Å². The van der Waals surface area contributed by atoms with Gasteiger partial charge in [-0.25, -0.2) is 8.42 Å². The number of aliphatic hydroxyl groups is 1. The van der Waals surface area contributed by atoms with Gasteiger partial charge < -0.3 is 9.84 Å². The Kier molecular flexibility index (Phi) is 5.79. The SMILES string of the molecule is CCN(CC1CCCO1)S(=O)(=O)c1cc(CO)ccc1Br. The molecule has 1 fully saturated rings. The molecule has 0 aliphatic carbocycles. The summed E-state index contributed by atoms with van der Waals surface area (Å²) in [6, 6.07) is 4.86. The molecular formula is C14H20BrNO4S. The molecule has 0 spiro atoms. The first-order chi connectivity index (χ1) is 9.98. The summed E-state index contributed by atoms with van der Waals surface area (Å²) in [6.07, 6.45) is 1.84. The molecule has 1 aromatic carbocycles. The van der Waals surface area contributed by atoms with Gasteiger partial charge in [-0.05, 0) is 46.5 Å². The number of nitrogens with zero attached hydrogens (tertiary/aromatic N) is 1. The fourth-order valence-corrected chi connectivity index (χ4v) is 4.85. The Labute approximate surface area is 134 Å². The normalized spacial score (nSPS) is 19.3. The van der Waals surface area contributed by atoms with Crippen LogP contribution in [0.15, 0.2) is 27.6 Å². The van der Waals surface area contributed by atoms with Crippen molar-refractivity contribution in [2.45, 2.75) is 37.4 Å². The highest BCUT2D eigenvalue weighted by molar-refractivity contribution is 9.10. The summed E-state index contributed by atoms with van der Waals surface area (Å²) >= 11 is 3.29. The van der Waals surface area contributed by atoms with Gasteiger partial charge in [0.05, 0.1) is 17.6 Å². The van der Waals surface area contributed by atoms with Crippen LogP contribution >= 0.6 is 15.9 Å². The van der Waals surface area contributed by atoms with Gasteiger partial charge in [0, 0.05) is 24.2 Å². The van der Waals surface area contributed by atoms with E-state index in [2.05, 4.69) is 15.9 Å². The van der Waals surface area contributed by atoms with E-state index in [1.165, 1.54) is 10.4 Å². The van der Waals surface area contributed by atoms with Crippen LogP contribution in [0.5, 0.6) is 0 Å². The molecule has 0 saturated carbocycles. The lowest BCUT2D eigenvalue weighted by atomic mass is 10.2. The molecule has 1 heterocycles. The second-order valence-corrected chi connectivity index (χ2v) is 7.77. The molecule has 1 aliphatic heterocycles. The number of rotatable bonds is 6. The molecule has 0 aromatic heterocycles. The van der Waals surface area contributed by atoms with E-state index in [0.717, 1.165) is 12.8 Å². The Morgan fingerprint density at radius 3 is 2.81 bits per heavy atom. The van der Waals surface area contributed by atoms with E-state index in [-0.39, 0.29) is 17.6 Å². The Bertz CT molecular complexity index is 585. The van der Waals surface area contributed by atoms with Gasteiger partial charge in [0.2, 0.25) is 10.0 Å². The van der Waals surface area contributed by atoms with Crippen molar-refractivity contribution in [2.24, 2.45) is 0 Å². The lowest BCUT2D eigenvalue weighted by molar-refractivity contribution is 0.0946. The number of ether oxygens (including phenoxy) is 1. The number of hydrogen-bond donors (Lipinski definition) is 1. The van der Waals surface area contributed by atoms with Gasteiger partial charge in [-0.3, -0.25) is 0 Å². The van der Waals surface area contributed by atoms with E-state index >= 15 is 0 Å². The van der Waals surface area contributed by atoms with Crippen LogP contribution in [0.4, 0.5) is 0 Å². The molecular weight excluding hydrogens is 358 g/mol. The second-order valence-electron chi connectivity index (χ2n) is 5.01. The van der Waals surface area contributed by atoms with E-state index in [1.54, 1.807) is 12.1 Å². The Morgan fingerprint density at radius 1 is 1.48 bits per heavy atom. The van der Waals surface area contributed by atoms with Crippen molar-refractivity contribution < 1.29 is 18.3 Å². The Balaban J connectivity index is 2.29. The summed E-state index contributed by atoms with van der Waals surface area (Å²) in [6.45, 7) is 3.09. The van der Waals surface area contributed by atoms with Crippen LogP contribution < -0.4 is 0 Å². The van der Waals surface area contributed by atoms with Crippen LogP contribution in [0.1, 0.15) is 25.3 Å². The number of halogens is 1. The van der Waals surface area contributed by atoms with Gasteiger partial charge in [-0.15, -0.1) is 0 Å². The van der Waals surface area contributed by atoms with E-state index in [4.69, 9.17) is 4.74 Å². The van der Waals surface area contributed by atoms with Crippen LogP contribution in [0, 0.1) is 0 Å². The molecule has 5 nitrogen and oxygen atoms in total. The maximum absolute atomic E-state index is 12.8. The van der Waals surface area contributed by atoms with Crippen molar-refractivity contribution in [1.29, 1.82) is 0 Å². The van der Waals surface area contributed by atoms with Gasteiger partial charge in [0.1, 0.15) is 0 Å². The molecule has 1 aromatic rings. The van der Waals surface area contributed by atoms with Crippen LogP contribution in [0.2, 0.25) is 0 Å². The van der Waals surface area contributed by atoms with Gasteiger partial charge in [0.25, 0.3) is 0 Å². The fraction of sp³-hybridized carbons (Fsp3) is 0.571. The molecule has 1 N–H and O–H groups in total. The lowest BCUT2D eigenvalue weighted by Crippen LogP contribution is -2.37. The molecule has 7 heteroatoms. The third kappa shape index (κ3) is 3.84. The number of aliphatic hydroxyl groups excluding tert-OH is 1. The zero-order valence-electron chi connectivity index (χ0n) is 12.0. The highest BCUT2D eigenvalue weighted by Crippen LogP contribution is 2.27. The van der Waals surface area contributed by atoms with E-state index < -0.39 is 10.0 Å². The van der Waals surface area contributed by atoms with E-state index in [0.29, 0.717) is 29.7 Å². The van der Waals surface area contributed by atoms with Crippen molar-refractivity contribution in [2.75, 3.05) is 19.7 Å². The molecule has 21 heavy (non-hydrogen) atoms. The average Bonchev–Trinajstić information content (AvgIpc) is 2.98. The highest BCUT2D eigenvalue weighted by Gasteiger charge is 2.29. The summed E-state index contributed by atoms with van der Waals surface area (Å²) in [4.78, 5) is 0.189. The number of sulfonamides is 1. The average molecular weight is 378 g/mol. The molecule has 1 unspecified atom stereocenters. The smallest absolute Gasteiger partial charge is 0.244 e. The maximum atomic E-state index is 12.8. The van der Waals surface area contributed by atoms with E-state index in [1.807, 2.05) is 6.92 Å². The van der Waals surface area contributed by atoms with Crippen molar-refractivity contribution in [1.82, 2.24) is 4.31 Å².